The molecule has 0 saturated heterocycles. The van der Waals surface area contributed by atoms with Crippen LogP contribution in [0.15, 0.2) is 6.07 Å². The summed E-state index contributed by atoms with van der Waals surface area (Å²) in [4.78, 5) is 11.4. The molecule has 0 aliphatic rings. The molecule has 1 atom stereocenters. The van der Waals surface area contributed by atoms with Crippen molar-refractivity contribution in [1.82, 2.24) is 9.78 Å². The average Bonchev–Trinajstić information content (AvgIpc) is 2.44. The Labute approximate surface area is 83.3 Å². The van der Waals surface area contributed by atoms with E-state index in [2.05, 4.69) is 10.4 Å². The number of aryl methyl sites for hydroxylation is 2. The maximum Gasteiger partial charge on any atom is 0.242 e. The highest BCUT2D eigenvalue weighted by Crippen LogP contribution is 2.07. The smallest absolute Gasteiger partial charge is 0.242 e. The van der Waals surface area contributed by atoms with Crippen LogP contribution in [0.5, 0.6) is 0 Å². The number of anilines is 1. The molecule has 5 heteroatoms. The second kappa shape index (κ2) is 4.23. The third-order valence-corrected chi connectivity index (χ3v) is 2.14. The van der Waals surface area contributed by atoms with Gasteiger partial charge in [0.25, 0.3) is 0 Å². The molecule has 1 rings (SSSR count). The fourth-order valence-electron chi connectivity index (χ4n) is 1.03. The van der Waals surface area contributed by atoms with Crippen molar-refractivity contribution in [3.05, 3.63) is 11.8 Å². The molecule has 0 aliphatic carbocycles. The quantitative estimate of drug-likeness (QED) is 0.735. The summed E-state index contributed by atoms with van der Waals surface area (Å²) in [5.74, 6) is 0.365. The SMILES string of the molecule is CC[C@H](N)C(=O)Nc1cc(C)n(C)n1. The number of hydrogen-bond acceptors (Lipinski definition) is 3. The fraction of sp³-hybridized carbons (Fsp3) is 0.556. The molecule has 5 nitrogen and oxygen atoms in total. The summed E-state index contributed by atoms with van der Waals surface area (Å²) in [6.07, 6.45) is 0.623. The Balaban J connectivity index is 2.65. The lowest BCUT2D eigenvalue weighted by molar-refractivity contribution is -0.117. The summed E-state index contributed by atoms with van der Waals surface area (Å²) in [6.45, 7) is 3.79. The first-order valence-electron chi connectivity index (χ1n) is 4.61. The summed E-state index contributed by atoms with van der Waals surface area (Å²) < 4.78 is 1.70. The number of hydrogen-bond donors (Lipinski definition) is 2. The third kappa shape index (κ3) is 2.32. The first-order chi connectivity index (χ1) is 6.54. The van der Waals surface area contributed by atoms with E-state index < -0.39 is 6.04 Å². The Morgan fingerprint density at radius 3 is 2.86 bits per heavy atom. The van der Waals surface area contributed by atoms with Gasteiger partial charge in [-0.2, -0.15) is 5.10 Å². The molecule has 1 aromatic rings. The summed E-state index contributed by atoms with van der Waals surface area (Å²) in [5, 5.41) is 6.75. The predicted octanol–water partition coefficient (Wildman–Crippen LogP) is 0.404. The molecule has 78 valence electrons. The summed E-state index contributed by atoms with van der Waals surface area (Å²) in [6, 6.07) is 1.35. The molecule has 0 aliphatic heterocycles. The van der Waals surface area contributed by atoms with Crippen LogP contribution in [-0.2, 0) is 11.8 Å². The van der Waals surface area contributed by atoms with Gasteiger partial charge in [-0.1, -0.05) is 6.92 Å². The Bertz CT molecular complexity index is 312. The minimum atomic E-state index is -0.461. The molecule has 0 bridgehead atoms. The Morgan fingerprint density at radius 1 is 1.79 bits per heavy atom. The predicted molar refractivity (Wildman–Crippen MR) is 54.8 cm³/mol. The van der Waals surface area contributed by atoms with Gasteiger partial charge in [-0.05, 0) is 13.3 Å². The van der Waals surface area contributed by atoms with Gasteiger partial charge in [-0.25, -0.2) is 0 Å². The van der Waals surface area contributed by atoms with Crippen molar-refractivity contribution in [3.63, 3.8) is 0 Å². The van der Waals surface area contributed by atoms with Gasteiger partial charge in [0.2, 0.25) is 5.91 Å². The van der Waals surface area contributed by atoms with Crippen molar-refractivity contribution < 1.29 is 4.79 Å². The second-order valence-electron chi connectivity index (χ2n) is 3.30. The number of rotatable bonds is 3. The van der Waals surface area contributed by atoms with E-state index in [1.54, 1.807) is 10.7 Å². The molecule has 1 heterocycles. The van der Waals surface area contributed by atoms with E-state index in [0.29, 0.717) is 12.2 Å². The van der Waals surface area contributed by atoms with Crippen LogP contribution in [0.4, 0.5) is 5.82 Å². The highest BCUT2D eigenvalue weighted by molar-refractivity contribution is 5.93. The highest BCUT2D eigenvalue weighted by atomic mass is 16.2. The van der Waals surface area contributed by atoms with Crippen molar-refractivity contribution in [3.8, 4) is 0 Å². The molecule has 0 saturated carbocycles. The van der Waals surface area contributed by atoms with Crippen LogP contribution in [0.1, 0.15) is 19.0 Å². The van der Waals surface area contributed by atoms with Crippen LogP contribution in [0, 0.1) is 6.92 Å². The number of aromatic nitrogens is 2. The molecule has 1 aromatic heterocycles. The van der Waals surface area contributed by atoms with Gasteiger partial charge in [0.05, 0.1) is 6.04 Å². The lowest BCUT2D eigenvalue weighted by Gasteiger charge is -2.06. The molecule has 1 amide bonds. The number of carbonyl (C=O) groups excluding carboxylic acids is 1. The molecule has 0 fully saturated rings. The van der Waals surface area contributed by atoms with Gasteiger partial charge in [-0.3, -0.25) is 9.48 Å². The first-order valence-corrected chi connectivity index (χ1v) is 4.61. The van der Waals surface area contributed by atoms with E-state index in [1.807, 2.05) is 20.9 Å². The van der Waals surface area contributed by atoms with E-state index in [-0.39, 0.29) is 5.91 Å². The second-order valence-corrected chi connectivity index (χ2v) is 3.30. The maximum absolute atomic E-state index is 11.4. The van der Waals surface area contributed by atoms with Gasteiger partial charge >= 0.3 is 0 Å². The zero-order chi connectivity index (χ0) is 10.7. The topological polar surface area (TPSA) is 72.9 Å². The van der Waals surface area contributed by atoms with Gasteiger partial charge in [0.1, 0.15) is 0 Å². The van der Waals surface area contributed by atoms with Crippen molar-refractivity contribution in [2.45, 2.75) is 26.3 Å². The number of nitrogens with one attached hydrogen (secondary N) is 1. The number of nitrogens with two attached hydrogens (primary N) is 1. The minimum absolute atomic E-state index is 0.189. The Kier molecular flexibility index (Phi) is 3.24. The summed E-state index contributed by atoms with van der Waals surface area (Å²) in [7, 11) is 1.82. The monoisotopic (exact) mass is 196 g/mol. The zero-order valence-electron chi connectivity index (χ0n) is 8.74. The van der Waals surface area contributed by atoms with Crippen molar-refractivity contribution in [1.29, 1.82) is 0 Å². The van der Waals surface area contributed by atoms with Crippen molar-refractivity contribution in [2.24, 2.45) is 12.8 Å². The van der Waals surface area contributed by atoms with E-state index >= 15 is 0 Å². The van der Waals surface area contributed by atoms with Gasteiger partial charge < -0.3 is 11.1 Å². The van der Waals surface area contributed by atoms with Crippen LogP contribution in [0.2, 0.25) is 0 Å². The van der Waals surface area contributed by atoms with E-state index in [0.717, 1.165) is 5.69 Å². The van der Waals surface area contributed by atoms with Crippen LogP contribution in [0.3, 0.4) is 0 Å². The Hall–Kier alpha value is -1.36. The van der Waals surface area contributed by atoms with E-state index in [1.165, 1.54) is 0 Å². The molecule has 0 unspecified atom stereocenters. The minimum Gasteiger partial charge on any atom is -0.320 e. The van der Waals surface area contributed by atoms with E-state index in [9.17, 15) is 4.79 Å². The van der Waals surface area contributed by atoms with Crippen LogP contribution >= 0.6 is 0 Å². The number of amides is 1. The molecule has 0 aromatic carbocycles. The van der Waals surface area contributed by atoms with Gasteiger partial charge in [0, 0.05) is 18.8 Å². The van der Waals surface area contributed by atoms with Crippen molar-refractivity contribution in [2.75, 3.05) is 5.32 Å². The highest BCUT2D eigenvalue weighted by Gasteiger charge is 2.12. The van der Waals surface area contributed by atoms with E-state index in [4.69, 9.17) is 5.73 Å². The zero-order valence-corrected chi connectivity index (χ0v) is 8.74. The molecular formula is C9H16N4O. The normalized spacial score (nSPS) is 12.6. The largest absolute Gasteiger partial charge is 0.320 e. The van der Waals surface area contributed by atoms with Crippen molar-refractivity contribution >= 4 is 11.7 Å². The number of carbonyl (C=O) groups is 1. The summed E-state index contributed by atoms with van der Waals surface area (Å²) >= 11 is 0. The third-order valence-electron chi connectivity index (χ3n) is 2.14. The lowest BCUT2D eigenvalue weighted by Crippen LogP contribution is -2.34. The number of nitrogens with zero attached hydrogens (tertiary/aromatic N) is 2. The van der Waals surface area contributed by atoms with Crippen LogP contribution in [-0.4, -0.2) is 21.7 Å². The first kappa shape index (κ1) is 10.7. The molecular weight excluding hydrogens is 180 g/mol. The maximum atomic E-state index is 11.4. The standard InChI is InChI=1S/C9H16N4O/c1-4-7(10)9(14)11-8-5-6(2)13(3)12-8/h5,7H,4,10H2,1-3H3,(H,11,12,14)/t7-/m0/s1. The Morgan fingerprint density at radius 2 is 2.43 bits per heavy atom. The van der Waals surface area contributed by atoms with Crippen LogP contribution < -0.4 is 11.1 Å². The lowest BCUT2D eigenvalue weighted by atomic mass is 10.2. The fourth-order valence-corrected chi connectivity index (χ4v) is 1.03. The van der Waals surface area contributed by atoms with Gasteiger partial charge in [0.15, 0.2) is 5.82 Å². The summed E-state index contributed by atoms with van der Waals surface area (Å²) in [5.41, 5.74) is 6.55. The van der Waals surface area contributed by atoms with Gasteiger partial charge in [-0.15, -0.1) is 0 Å². The van der Waals surface area contributed by atoms with Crippen LogP contribution in [0.25, 0.3) is 0 Å². The molecule has 0 radical (unpaired) electrons. The molecule has 0 spiro atoms. The molecule has 14 heavy (non-hydrogen) atoms. The molecule has 3 N–H and O–H groups in total. The average molecular weight is 196 g/mol.